The summed E-state index contributed by atoms with van der Waals surface area (Å²) < 4.78 is 10.8. The Kier molecular flexibility index (Phi) is 6.48. The van der Waals surface area contributed by atoms with E-state index in [1.807, 2.05) is 23.1 Å². The van der Waals surface area contributed by atoms with Gasteiger partial charge in [0.25, 0.3) is 5.91 Å². The Balaban J connectivity index is 1.24. The van der Waals surface area contributed by atoms with E-state index in [1.54, 1.807) is 14.2 Å². The minimum Gasteiger partial charge on any atom is -0.493 e. The second-order valence-corrected chi connectivity index (χ2v) is 9.67. The molecule has 3 heterocycles. The summed E-state index contributed by atoms with van der Waals surface area (Å²) in [6, 6.07) is 6.11. The van der Waals surface area contributed by atoms with Crippen LogP contribution < -0.4 is 9.47 Å². The third kappa shape index (κ3) is 4.26. The highest BCUT2D eigenvalue weighted by atomic mass is 16.5. The second-order valence-electron chi connectivity index (χ2n) is 9.67. The molecule has 2 atom stereocenters. The number of rotatable bonds is 6. The van der Waals surface area contributed by atoms with Crippen molar-refractivity contribution in [2.24, 2.45) is 5.92 Å². The highest BCUT2D eigenvalue weighted by Gasteiger charge is 2.41. The molecule has 0 spiro atoms. The van der Waals surface area contributed by atoms with E-state index in [-0.39, 0.29) is 17.9 Å². The van der Waals surface area contributed by atoms with Gasteiger partial charge in [-0.25, -0.2) is 0 Å². The van der Waals surface area contributed by atoms with Gasteiger partial charge < -0.3 is 19.3 Å². The zero-order valence-electron chi connectivity index (χ0n) is 20.1. The number of nitrogens with one attached hydrogen (secondary N) is 1. The molecule has 1 aromatic heterocycles. The molecule has 3 aliphatic rings. The summed E-state index contributed by atoms with van der Waals surface area (Å²) in [5, 5.41) is 7.49. The summed E-state index contributed by atoms with van der Waals surface area (Å²) in [6.45, 7) is 2.04. The molecule has 2 saturated heterocycles. The van der Waals surface area contributed by atoms with E-state index in [9.17, 15) is 9.59 Å². The third-order valence-electron chi connectivity index (χ3n) is 7.78. The molecule has 0 saturated carbocycles. The number of likely N-dealkylation sites (tertiary alicyclic amines) is 2. The fraction of sp³-hybridized carbons (Fsp3) is 0.577. The van der Waals surface area contributed by atoms with E-state index in [0.717, 1.165) is 61.8 Å². The molecule has 1 aromatic carbocycles. The number of fused-ring (bicyclic) bond motifs is 2. The Morgan fingerprint density at radius 3 is 2.76 bits per heavy atom. The molecule has 182 valence electrons. The molecule has 8 heteroatoms. The van der Waals surface area contributed by atoms with Crippen LogP contribution in [0.3, 0.4) is 0 Å². The van der Waals surface area contributed by atoms with Crippen LogP contribution in [0.1, 0.15) is 59.4 Å². The van der Waals surface area contributed by atoms with Crippen molar-refractivity contribution in [1.29, 1.82) is 0 Å². The molecule has 0 unspecified atom stereocenters. The highest BCUT2D eigenvalue weighted by Crippen LogP contribution is 2.33. The smallest absolute Gasteiger partial charge is 0.274 e. The van der Waals surface area contributed by atoms with Crippen molar-refractivity contribution in [2.75, 3.05) is 33.9 Å². The van der Waals surface area contributed by atoms with Crippen molar-refractivity contribution in [2.45, 2.75) is 57.4 Å². The largest absolute Gasteiger partial charge is 0.493 e. The van der Waals surface area contributed by atoms with E-state index >= 15 is 0 Å². The lowest BCUT2D eigenvalue weighted by atomic mass is 9.83. The Morgan fingerprint density at radius 2 is 1.94 bits per heavy atom. The fourth-order valence-corrected chi connectivity index (χ4v) is 5.92. The van der Waals surface area contributed by atoms with E-state index < -0.39 is 0 Å². The van der Waals surface area contributed by atoms with E-state index in [4.69, 9.17) is 9.47 Å². The molecular weight excluding hydrogens is 432 g/mol. The van der Waals surface area contributed by atoms with Crippen LogP contribution in [-0.2, 0) is 24.1 Å². The number of hydrogen-bond donors (Lipinski definition) is 1. The lowest BCUT2D eigenvalue weighted by molar-refractivity contribution is -0.140. The van der Waals surface area contributed by atoms with Crippen LogP contribution >= 0.6 is 0 Å². The van der Waals surface area contributed by atoms with Crippen LogP contribution in [0.4, 0.5) is 0 Å². The first-order valence-electron chi connectivity index (χ1n) is 12.4. The van der Waals surface area contributed by atoms with Gasteiger partial charge in [0, 0.05) is 43.4 Å². The lowest BCUT2D eigenvalue weighted by Gasteiger charge is -2.47. The summed E-state index contributed by atoms with van der Waals surface area (Å²) in [7, 11) is 3.26. The quantitative estimate of drug-likeness (QED) is 0.707. The Morgan fingerprint density at radius 1 is 1.12 bits per heavy atom. The maximum Gasteiger partial charge on any atom is 0.274 e. The number of methoxy groups -OCH3 is 2. The molecular formula is C26H34N4O4. The van der Waals surface area contributed by atoms with Crippen LogP contribution in [-0.4, -0.2) is 71.7 Å². The van der Waals surface area contributed by atoms with Gasteiger partial charge >= 0.3 is 0 Å². The maximum atomic E-state index is 13.3. The van der Waals surface area contributed by atoms with Crippen LogP contribution in [0.5, 0.6) is 11.5 Å². The lowest BCUT2D eigenvalue weighted by Crippen LogP contribution is -2.57. The van der Waals surface area contributed by atoms with Crippen molar-refractivity contribution in [3.8, 4) is 11.5 Å². The summed E-state index contributed by atoms with van der Waals surface area (Å²) in [4.78, 5) is 30.2. The number of aryl methyl sites for hydroxylation is 1. The Bertz CT molecular complexity index is 1070. The number of carbonyl (C=O) groups excluding carboxylic acids is 2. The average Bonchev–Trinajstić information content (AvgIpc) is 3.31. The molecule has 2 amide bonds. The molecule has 0 bridgehead atoms. The minimum absolute atomic E-state index is 0.0478. The van der Waals surface area contributed by atoms with Gasteiger partial charge in [0.05, 0.1) is 14.2 Å². The first kappa shape index (κ1) is 22.7. The molecule has 1 aliphatic carbocycles. The number of aromatic amines is 1. The fourth-order valence-electron chi connectivity index (χ4n) is 5.92. The SMILES string of the molecule is COc1ccc(CCN2C(=O)CC[C@@H]3CN(C(=O)c4n[nH]c5c4CCCC5)CC[C@@H]32)cc1OC. The van der Waals surface area contributed by atoms with E-state index in [1.165, 1.54) is 0 Å². The monoisotopic (exact) mass is 466 g/mol. The van der Waals surface area contributed by atoms with Gasteiger partial charge in [0.2, 0.25) is 5.91 Å². The maximum absolute atomic E-state index is 13.3. The Labute approximate surface area is 200 Å². The summed E-state index contributed by atoms with van der Waals surface area (Å²) in [6.07, 6.45) is 7.17. The summed E-state index contributed by atoms with van der Waals surface area (Å²) in [5.41, 5.74) is 3.98. The molecule has 34 heavy (non-hydrogen) atoms. The zero-order chi connectivity index (χ0) is 23.7. The number of H-pyrrole nitrogens is 1. The van der Waals surface area contributed by atoms with Crippen LogP contribution in [0.15, 0.2) is 18.2 Å². The number of aromatic nitrogens is 2. The van der Waals surface area contributed by atoms with Crippen LogP contribution in [0.2, 0.25) is 0 Å². The third-order valence-corrected chi connectivity index (χ3v) is 7.78. The van der Waals surface area contributed by atoms with Gasteiger partial charge in [-0.3, -0.25) is 14.7 Å². The van der Waals surface area contributed by atoms with Crippen molar-refractivity contribution in [3.05, 3.63) is 40.7 Å². The Hall–Kier alpha value is -3.03. The second kappa shape index (κ2) is 9.68. The van der Waals surface area contributed by atoms with Crippen LogP contribution in [0, 0.1) is 5.92 Å². The molecule has 2 aliphatic heterocycles. The number of benzene rings is 1. The number of nitrogens with zero attached hydrogens (tertiary/aromatic N) is 3. The van der Waals surface area contributed by atoms with Gasteiger partial charge in [-0.05, 0) is 68.6 Å². The molecule has 0 radical (unpaired) electrons. The summed E-state index contributed by atoms with van der Waals surface area (Å²) >= 11 is 0. The molecule has 5 rings (SSSR count). The standard InChI is InChI=1S/C26H34N4O4/c1-33-22-9-7-17(15-23(22)34-2)11-14-30-21-12-13-29(16-18(21)8-10-24(30)31)26(32)25-19-5-3-4-6-20(19)27-28-25/h7,9,15,18,21H,3-6,8,10-14,16H2,1-2H3,(H,27,28)/t18-,21+/m1/s1. The number of carbonyl (C=O) groups is 2. The minimum atomic E-state index is 0.0478. The van der Waals surface area contributed by atoms with Crippen molar-refractivity contribution in [1.82, 2.24) is 20.0 Å². The number of piperidine rings is 2. The predicted molar refractivity (Wildman–Crippen MR) is 127 cm³/mol. The first-order valence-corrected chi connectivity index (χ1v) is 12.4. The van der Waals surface area contributed by atoms with Gasteiger partial charge in [0.1, 0.15) is 0 Å². The number of ether oxygens (including phenoxy) is 2. The van der Waals surface area contributed by atoms with E-state index in [2.05, 4.69) is 15.1 Å². The highest BCUT2D eigenvalue weighted by molar-refractivity contribution is 5.94. The molecule has 8 nitrogen and oxygen atoms in total. The molecule has 2 aromatic rings. The normalized spacial score (nSPS) is 22.2. The van der Waals surface area contributed by atoms with Gasteiger partial charge in [0.15, 0.2) is 17.2 Å². The van der Waals surface area contributed by atoms with Crippen molar-refractivity contribution >= 4 is 11.8 Å². The summed E-state index contributed by atoms with van der Waals surface area (Å²) in [5.74, 6) is 2.00. The van der Waals surface area contributed by atoms with Crippen molar-refractivity contribution in [3.63, 3.8) is 0 Å². The predicted octanol–water partition coefficient (Wildman–Crippen LogP) is 3.00. The van der Waals surface area contributed by atoms with Crippen molar-refractivity contribution < 1.29 is 19.1 Å². The number of amides is 2. The first-order chi connectivity index (χ1) is 16.6. The van der Waals surface area contributed by atoms with Gasteiger partial charge in [-0.1, -0.05) is 6.07 Å². The van der Waals surface area contributed by atoms with Gasteiger partial charge in [-0.2, -0.15) is 5.10 Å². The topological polar surface area (TPSA) is 87.8 Å². The molecule has 1 N–H and O–H groups in total. The van der Waals surface area contributed by atoms with E-state index in [0.29, 0.717) is 49.2 Å². The van der Waals surface area contributed by atoms with Crippen LogP contribution in [0.25, 0.3) is 0 Å². The number of hydrogen-bond acceptors (Lipinski definition) is 5. The zero-order valence-corrected chi connectivity index (χ0v) is 20.1. The average molecular weight is 467 g/mol. The molecule has 2 fully saturated rings. The van der Waals surface area contributed by atoms with Gasteiger partial charge in [-0.15, -0.1) is 0 Å².